The maximum Gasteiger partial charge on any atom is 0.258 e. The van der Waals surface area contributed by atoms with Crippen molar-refractivity contribution in [2.24, 2.45) is 0 Å². The lowest BCUT2D eigenvalue weighted by Crippen LogP contribution is -2.29. The maximum atomic E-state index is 11.4. The highest BCUT2D eigenvalue weighted by Crippen LogP contribution is 2.20. The van der Waals surface area contributed by atoms with Gasteiger partial charge in [0.15, 0.2) is 0 Å². The summed E-state index contributed by atoms with van der Waals surface area (Å²) in [5.41, 5.74) is 0.716. The summed E-state index contributed by atoms with van der Waals surface area (Å²) in [7, 11) is 0. The second-order valence-corrected chi connectivity index (χ2v) is 3.61. The summed E-state index contributed by atoms with van der Waals surface area (Å²) >= 11 is 3.68. The van der Waals surface area contributed by atoms with Crippen molar-refractivity contribution in [1.29, 1.82) is 0 Å². The molecule has 2 rings (SSSR count). The monoisotopic (exact) mass is 233 g/mol. The van der Waals surface area contributed by atoms with Crippen LogP contribution in [0.4, 0.5) is 5.69 Å². The SMILES string of the molecule is O=C(S)c1cccc(N2C(=O)C=CC2=O)c1. The number of benzene rings is 1. The van der Waals surface area contributed by atoms with Gasteiger partial charge in [-0.15, -0.1) is 12.6 Å². The van der Waals surface area contributed by atoms with Gasteiger partial charge in [-0.2, -0.15) is 0 Å². The van der Waals surface area contributed by atoms with Gasteiger partial charge >= 0.3 is 0 Å². The fourth-order valence-corrected chi connectivity index (χ4v) is 1.57. The highest BCUT2D eigenvalue weighted by atomic mass is 32.1. The molecule has 0 bridgehead atoms. The second-order valence-electron chi connectivity index (χ2n) is 3.20. The van der Waals surface area contributed by atoms with Crippen molar-refractivity contribution in [3.63, 3.8) is 0 Å². The van der Waals surface area contributed by atoms with Gasteiger partial charge in [0.2, 0.25) is 5.12 Å². The van der Waals surface area contributed by atoms with Crippen LogP contribution >= 0.6 is 12.6 Å². The van der Waals surface area contributed by atoms with Crippen molar-refractivity contribution < 1.29 is 14.4 Å². The largest absolute Gasteiger partial charge is 0.282 e. The van der Waals surface area contributed by atoms with Crippen molar-refractivity contribution >= 4 is 35.2 Å². The Balaban J connectivity index is 2.41. The molecule has 0 radical (unpaired) electrons. The first-order valence-electron chi connectivity index (χ1n) is 4.49. The fraction of sp³-hybridized carbons (Fsp3) is 0. The normalized spacial score (nSPS) is 14.7. The van der Waals surface area contributed by atoms with Gasteiger partial charge in [0.05, 0.1) is 5.69 Å². The molecule has 1 aliphatic heterocycles. The molecule has 80 valence electrons. The Morgan fingerprint density at radius 2 is 1.75 bits per heavy atom. The van der Waals surface area contributed by atoms with E-state index in [1.807, 2.05) is 0 Å². The van der Waals surface area contributed by atoms with E-state index in [4.69, 9.17) is 0 Å². The first kappa shape index (κ1) is 10.6. The predicted molar refractivity (Wildman–Crippen MR) is 61.4 cm³/mol. The van der Waals surface area contributed by atoms with Crippen LogP contribution in [0, 0.1) is 0 Å². The highest BCUT2D eigenvalue weighted by molar-refractivity contribution is 7.97. The van der Waals surface area contributed by atoms with Gasteiger partial charge in [0.1, 0.15) is 0 Å². The Bertz CT molecular complexity index is 504. The van der Waals surface area contributed by atoms with E-state index < -0.39 is 16.9 Å². The molecule has 0 aliphatic carbocycles. The molecular weight excluding hydrogens is 226 g/mol. The number of imide groups is 1. The van der Waals surface area contributed by atoms with Crippen LogP contribution in [0.15, 0.2) is 36.4 Å². The zero-order valence-corrected chi connectivity index (χ0v) is 8.98. The zero-order valence-electron chi connectivity index (χ0n) is 8.08. The number of thiol groups is 1. The minimum Gasteiger partial charge on any atom is -0.282 e. The molecule has 0 aromatic heterocycles. The van der Waals surface area contributed by atoms with E-state index in [0.717, 1.165) is 4.90 Å². The number of rotatable bonds is 2. The van der Waals surface area contributed by atoms with Crippen molar-refractivity contribution in [2.45, 2.75) is 0 Å². The Morgan fingerprint density at radius 1 is 1.12 bits per heavy atom. The molecular formula is C11H7NO3S. The molecule has 1 aromatic rings. The Kier molecular flexibility index (Phi) is 2.62. The minimum absolute atomic E-state index is 0.341. The van der Waals surface area contributed by atoms with E-state index in [-0.39, 0.29) is 0 Å². The third-order valence-electron chi connectivity index (χ3n) is 2.16. The number of carbonyl (C=O) groups excluding carboxylic acids is 3. The van der Waals surface area contributed by atoms with Crippen LogP contribution in [-0.2, 0) is 9.59 Å². The summed E-state index contributed by atoms with van der Waals surface area (Å²) in [6.07, 6.45) is 2.38. The molecule has 1 heterocycles. The summed E-state index contributed by atoms with van der Waals surface area (Å²) in [5.74, 6) is -0.817. The van der Waals surface area contributed by atoms with Crippen molar-refractivity contribution in [3.8, 4) is 0 Å². The lowest BCUT2D eigenvalue weighted by atomic mass is 10.2. The number of hydrogen-bond donors (Lipinski definition) is 1. The standard InChI is InChI=1S/C11H7NO3S/c13-9-4-5-10(14)12(9)8-3-1-2-7(6-8)11(15)16/h1-6H,(H,15,16). The Labute approximate surface area is 97.0 Å². The number of amides is 2. The summed E-state index contributed by atoms with van der Waals surface area (Å²) < 4.78 is 0. The van der Waals surface area contributed by atoms with E-state index in [1.54, 1.807) is 18.2 Å². The quantitative estimate of drug-likeness (QED) is 0.616. The van der Waals surface area contributed by atoms with Crippen molar-refractivity contribution in [2.75, 3.05) is 4.90 Å². The zero-order chi connectivity index (χ0) is 11.7. The summed E-state index contributed by atoms with van der Waals surface area (Å²) in [4.78, 5) is 34.8. The van der Waals surface area contributed by atoms with Gasteiger partial charge in [0.25, 0.3) is 11.8 Å². The average Bonchev–Trinajstić information content (AvgIpc) is 2.59. The molecule has 16 heavy (non-hydrogen) atoms. The smallest absolute Gasteiger partial charge is 0.258 e. The van der Waals surface area contributed by atoms with E-state index in [1.165, 1.54) is 18.2 Å². The van der Waals surface area contributed by atoms with Gasteiger partial charge in [-0.1, -0.05) is 12.1 Å². The van der Waals surface area contributed by atoms with Crippen LogP contribution in [0.1, 0.15) is 10.4 Å². The van der Waals surface area contributed by atoms with Crippen LogP contribution < -0.4 is 4.90 Å². The van der Waals surface area contributed by atoms with Crippen LogP contribution in [0.2, 0.25) is 0 Å². The van der Waals surface area contributed by atoms with Gasteiger partial charge in [-0.3, -0.25) is 14.4 Å². The molecule has 0 fully saturated rings. The van der Waals surface area contributed by atoms with Gasteiger partial charge in [-0.05, 0) is 12.1 Å². The summed E-state index contributed by atoms with van der Waals surface area (Å²) in [5, 5.41) is -0.408. The molecule has 4 nitrogen and oxygen atoms in total. The lowest BCUT2D eigenvalue weighted by molar-refractivity contribution is -0.119. The lowest BCUT2D eigenvalue weighted by Gasteiger charge is -2.13. The molecule has 5 heteroatoms. The Hall–Kier alpha value is -1.88. The average molecular weight is 233 g/mol. The van der Waals surface area contributed by atoms with Crippen molar-refractivity contribution in [3.05, 3.63) is 42.0 Å². The molecule has 0 saturated carbocycles. The van der Waals surface area contributed by atoms with Gasteiger partial charge in [0, 0.05) is 17.7 Å². The van der Waals surface area contributed by atoms with E-state index >= 15 is 0 Å². The number of nitrogens with zero attached hydrogens (tertiary/aromatic N) is 1. The maximum absolute atomic E-state index is 11.4. The third-order valence-corrected chi connectivity index (χ3v) is 2.42. The molecule has 0 saturated heterocycles. The summed E-state index contributed by atoms with van der Waals surface area (Å²) in [6.45, 7) is 0. The second kappa shape index (κ2) is 3.94. The fourth-order valence-electron chi connectivity index (χ4n) is 1.43. The van der Waals surface area contributed by atoms with E-state index in [2.05, 4.69) is 12.6 Å². The molecule has 1 aromatic carbocycles. The van der Waals surface area contributed by atoms with Crippen LogP contribution in [-0.4, -0.2) is 16.9 Å². The minimum atomic E-state index is -0.409. The van der Waals surface area contributed by atoms with E-state index in [9.17, 15) is 14.4 Å². The van der Waals surface area contributed by atoms with Gasteiger partial charge < -0.3 is 0 Å². The number of hydrogen-bond acceptors (Lipinski definition) is 3. The molecule has 1 aliphatic rings. The topological polar surface area (TPSA) is 54.5 Å². The van der Waals surface area contributed by atoms with Crippen LogP contribution in [0.25, 0.3) is 0 Å². The third kappa shape index (κ3) is 1.77. The van der Waals surface area contributed by atoms with Gasteiger partial charge in [-0.25, -0.2) is 4.90 Å². The van der Waals surface area contributed by atoms with Crippen LogP contribution in [0.5, 0.6) is 0 Å². The number of anilines is 1. The highest BCUT2D eigenvalue weighted by Gasteiger charge is 2.25. The number of carbonyl (C=O) groups is 3. The van der Waals surface area contributed by atoms with E-state index in [0.29, 0.717) is 11.3 Å². The van der Waals surface area contributed by atoms with Crippen LogP contribution in [0.3, 0.4) is 0 Å². The molecule has 0 atom stereocenters. The molecule has 0 unspecified atom stereocenters. The Morgan fingerprint density at radius 3 is 2.31 bits per heavy atom. The molecule has 0 N–H and O–H groups in total. The first-order chi connectivity index (χ1) is 7.59. The molecule has 2 amide bonds. The summed E-state index contributed by atoms with van der Waals surface area (Å²) in [6, 6.07) is 6.20. The first-order valence-corrected chi connectivity index (χ1v) is 4.94. The van der Waals surface area contributed by atoms with Crippen molar-refractivity contribution in [1.82, 2.24) is 0 Å². The predicted octanol–water partition coefficient (Wildman–Crippen LogP) is 1.19. The molecule has 0 spiro atoms.